The zero-order chi connectivity index (χ0) is 25.0. The molecule has 1 amide bonds. The molecule has 0 atom stereocenters. The maximum Gasteiger partial charge on any atom is 0.223 e. The van der Waals surface area contributed by atoms with E-state index in [1.165, 1.54) is 50.0 Å². The molecule has 4 nitrogen and oxygen atoms in total. The van der Waals surface area contributed by atoms with Gasteiger partial charge in [-0.15, -0.1) is 0 Å². The Kier molecular flexibility index (Phi) is 10.3. The summed E-state index contributed by atoms with van der Waals surface area (Å²) in [4.78, 5) is 14.6. The van der Waals surface area contributed by atoms with E-state index in [0.717, 1.165) is 29.0 Å². The van der Waals surface area contributed by atoms with E-state index in [1.807, 2.05) is 26.0 Å². The molecule has 186 valence electrons. The van der Waals surface area contributed by atoms with Crippen LogP contribution in [0.2, 0.25) is 0 Å². The quantitative estimate of drug-likeness (QED) is 0.301. The smallest absolute Gasteiger partial charge is 0.223 e. The normalized spacial score (nSPS) is 15.1. The zero-order valence-electron chi connectivity index (χ0n) is 21.0. The number of hydrogen-bond acceptors (Lipinski definition) is 3. The van der Waals surface area contributed by atoms with Crippen molar-refractivity contribution < 1.29 is 13.9 Å². The molecule has 1 aliphatic rings. The van der Waals surface area contributed by atoms with Crippen molar-refractivity contribution in [2.24, 2.45) is 0 Å². The van der Waals surface area contributed by atoms with Crippen LogP contribution in [0.1, 0.15) is 56.2 Å². The van der Waals surface area contributed by atoms with Gasteiger partial charge in [0.25, 0.3) is 0 Å². The number of rotatable bonds is 11. The van der Waals surface area contributed by atoms with Crippen LogP contribution in [0.3, 0.4) is 0 Å². The molecule has 1 saturated heterocycles. The summed E-state index contributed by atoms with van der Waals surface area (Å²) in [6.07, 6.45) is 8.61. The molecule has 1 heterocycles. The minimum Gasteiger partial charge on any atom is -0.462 e. The molecule has 0 aliphatic carbocycles. The minimum atomic E-state index is -0.254. The summed E-state index contributed by atoms with van der Waals surface area (Å²) in [5.74, 6) is 1.05. The van der Waals surface area contributed by atoms with Crippen LogP contribution in [-0.4, -0.2) is 30.4 Å². The number of carbonyl (C=O) groups is 1. The highest BCUT2D eigenvalue weighted by Gasteiger charge is 2.11. The molecule has 2 aromatic carbocycles. The van der Waals surface area contributed by atoms with E-state index >= 15 is 0 Å². The summed E-state index contributed by atoms with van der Waals surface area (Å²) < 4.78 is 18.9. The first kappa shape index (κ1) is 26.4. The Morgan fingerprint density at radius 1 is 1.03 bits per heavy atom. The highest BCUT2D eigenvalue weighted by molar-refractivity contribution is 5.77. The van der Waals surface area contributed by atoms with Gasteiger partial charge in [-0.25, -0.2) is 4.39 Å². The number of nitrogens with one attached hydrogen (secondary N) is 1. The molecule has 3 rings (SSSR count). The van der Waals surface area contributed by atoms with Crippen LogP contribution in [0, 0.1) is 5.82 Å². The van der Waals surface area contributed by atoms with E-state index in [1.54, 1.807) is 12.1 Å². The summed E-state index contributed by atoms with van der Waals surface area (Å²) in [6.45, 7) is 11.8. The second kappa shape index (κ2) is 13.6. The molecule has 0 spiro atoms. The number of halogens is 1. The summed E-state index contributed by atoms with van der Waals surface area (Å²) in [7, 11) is 0. The van der Waals surface area contributed by atoms with Gasteiger partial charge in [0.1, 0.15) is 17.3 Å². The summed E-state index contributed by atoms with van der Waals surface area (Å²) in [5.41, 5.74) is 4.20. The van der Waals surface area contributed by atoms with Gasteiger partial charge in [-0.3, -0.25) is 9.69 Å². The van der Waals surface area contributed by atoms with Crippen LogP contribution in [0.5, 0.6) is 0 Å². The maximum atomic E-state index is 12.9. The Labute approximate surface area is 209 Å². The van der Waals surface area contributed by atoms with Gasteiger partial charge in [-0.05, 0) is 75.0 Å². The maximum absolute atomic E-state index is 12.9. The fourth-order valence-electron chi connectivity index (χ4n) is 4.03. The van der Waals surface area contributed by atoms with Crippen molar-refractivity contribution in [3.8, 4) is 0 Å². The van der Waals surface area contributed by atoms with Crippen molar-refractivity contribution in [1.29, 1.82) is 0 Å². The van der Waals surface area contributed by atoms with Crippen LogP contribution in [0.4, 0.5) is 4.39 Å². The Morgan fingerprint density at radius 2 is 1.69 bits per heavy atom. The number of hydrogen-bond donors (Lipinski definition) is 1. The molecule has 0 unspecified atom stereocenters. The van der Waals surface area contributed by atoms with Crippen LogP contribution in [0.25, 0.3) is 5.76 Å². The second-order valence-corrected chi connectivity index (χ2v) is 9.13. The SMILES string of the molecule is C=C(O/C(C)=C(C)/C=C/CC(=O)NCCc1ccc(F)cc1)c1ccc(CN2CCCCC2)cc1. The fourth-order valence-corrected chi connectivity index (χ4v) is 4.03. The van der Waals surface area contributed by atoms with Gasteiger partial charge < -0.3 is 10.1 Å². The predicted molar refractivity (Wildman–Crippen MR) is 141 cm³/mol. The topological polar surface area (TPSA) is 41.6 Å². The van der Waals surface area contributed by atoms with Crippen molar-refractivity contribution >= 4 is 11.7 Å². The molecule has 2 aromatic rings. The van der Waals surface area contributed by atoms with Gasteiger partial charge in [0.15, 0.2) is 0 Å². The lowest BCUT2D eigenvalue weighted by atomic mass is 10.1. The number of piperidine rings is 1. The molecule has 1 fully saturated rings. The third kappa shape index (κ3) is 9.18. The largest absolute Gasteiger partial charge is 0.462 e. The third-order valence-electron chi connectivity index (χ3n) is 6.28. The number of carbonyl (C=O) groups excluding carboxylic acids is 1. The van der Waals surface area contributed by atoms with Gasteiger partial charge in [0, 0.05) is 25.1 Å². The van der Waals surface area contributed by atoms with Crippen molar-refractivity contribution in [3.63, 3.8) is 0 Å². The number of benzene rings is 2. The standard InChI is InChI=1S/C30H37FN2O2/c1-23(8-7-9-30(34)32-19-18-26-12-16-29(31)17-13-26)24(2)35-25(3)28-14-10-27(11-15-28)22-33-20-5-4-6-21-33/h7-8,10-17H,3-6,9,18-22H2,1-2H3,(H,32,34)/b8-7+,24-23+. The Morgan fingerprint density at radius 3 is 2.37 bits per heavy atom. The predicted octanol–water partition coefficient (Wildman–Crippen LogP) is 6.40. The number of likely N-dealkylation sites (tertiary alicyclic amines) is 1. The fraction of sp³-hybridized carbons (Fsp3) is 0.367. The first-order valence-corrected chi connectivity index (χ1v) is 12.4. The molecule has 0 aromatic heterocycles. The Bertz CT molecular complexity index is 1030. The number of allylic oxidation sites excluding steroid dienone is 3. The summed E-state index contributed by atoms with van der Waals surface area (Å²) >= 11 is 0. The summed E-state index contributed by atoms with van der Waals surface area (Å²) in [5, 5.41) is 2.88. The van der Waals surface area contributed by atoms with Crippen LogP contribution < -0.4 is 5.32 Å². The van der Waals surface area contributed by atoms with Crippen LogP contribution in [0.15, 0.2) is 78.6 Å². The van der Waals surface area contributed by atoms with Crippen molar-refractivity contribution in [3.05, 3.63) is 101 Å². The van der Waals surface area contributed by atoms with E-state index in [0.29, 0.717) is 18.7 Å². The molecule has 5 heteroatoms. The Hall–Kier alpha value is -3.18. The molecule has 1 aliphatic heterocycles. The van der Waals surface area contributed by atoms with E-state index in [-0.39, 0.29) is 18.1 Å². The second-order valence-electron chi connectivity index (χ2n) is 9.13. The van der Waals surface area contributed by atoms with Gasteiger partial charge in [0.05, 0.1) is 0 Å². The average molecular weight is 477 g/mol. The highest BCUT2D eigenvalue weighted by atomic mass is 19.1. The van der Waals surface area contributed by atoms with Gasteiger partial charge in [-0.2, -0.15) is 0 Å². The first-order valence-electron chi connectivity index (χ1n) is 12.4. The van der Waals surface area contributed by atoms with Crippen molar-refractivity contribution in [1.82, 2.24) is 10.2 Å². The monoisotopic (exact) mass is 476 g/mol. The molecular weight excluding hydrogens is 439 g/mol. The van der Waals surface area contributed by atoms with E-state index in [2.05, 4.69) is 41.1 Å². The van der Waals surface area contributed by atoms with Crippen molar-refractivity contribution in [2.75, 3.05) is 19.6 Å². The number of ether oxygens (including phenoxy) is 1. The zero-order valence-corrected chi connectivity index (χ0v) is 21.0. The number of amides is 1. The van der Waals surface area contributed by atoms with Crippen LogP contribution in [-0.2, 0) is 22.5 Å². The lowest BCUT2D eigenvalue weighted by Crippen LogP contribution is -2.29. The first-order chi connectivity index (χ1) is 16.9. The third-order valence-corrected chi connectivity index (χ3v) is 6.28. The molecule has 35 heavy (non-hydrogen) atoms. The summed E-state index contributed by atoms with van der Waals surface area (Å²) in [6, 6.07) is 14.8. The van der Waals surface area contributed by atoms with E-state index < -0.39 is 0 Å². The molecule has 1 N–H and O–H groups in total. The van der Waals surface area contributed by atoms with E-state index in [4.69, 9.17) is 4.74 Å². The number of nitrogens with zero attached hydrogens (tertiary/aromatic N) is 1. The lowest BCUT2D eigenvalue weighted by molar-refractivity contribution is -0.120. The molecule has 0 radical (unpaired) electrons. The van der Waals surface area contributed by atoms with Crippen molar-refractivity contribution in [2.45, 2.75) is 52.5 Å². The van der Waals surface area contributed by atoms with E-state index in [9.17, 15) is 9.18 Å². The minimum absolute atomic E-state index is 0.0521. The van der Waals surface area contributed by atoms with Crippen LogP contribution >= 0.6 is 0 Å². The molecule has 0 saturated carbocycles. The van der Waals surface area contributed by atoms with Gasteiger partial charge in [0.2, 0.25) is 5.91 Å². The average Bonchev–Trinajstić information content (AvgIpc) is 2.86. The Balaban J connectivity index is 1.41. The van der Waals surface area contributed by atoms with Gasteiger partial charge >= 0.3 is 0 Å². The molecule has 0 bridgehead atoms. The highest BCUT2D eigenvalue weighted by Crippen LogP contribution is 2.21. The van der Waals surface area contributed by atoms with Gasteiger partial charge in [-0.1, -0.05) is 61.5 Å². The molecular formula is C30H37FN2O2. The lowest BCUT2D eigenvalue weighted by Gasteiger charge is -2.26.